The molecule has 1 aliphatic heterocycles. The molecule has 35 heavy (non-hydrogen) atoms. The molecule has 8 heteroatoms. The molecule has 5 rings (SSSR count). The first-order chi connectivity index (χ1) is 16.7. The van der Waals surface area contributed by atoms with Gasteiger partial charge in [0.25, 0.3) is 0 Å². The molecule has 2 heterocycles. The van der Waals surface area contributed by atoms with E-state index in [0.717, 1.165) is 66.5 Å². The van der Waals surface area contributed by atoms with E-state index in [1.807, 2.05) is 36.4 Å². The smallest absolute Gasteiger partial charge is 0.382 e. The predicted molar refractivity (Wildman–Crippen MR) is 132 cm³/mol. The normalized spacial score (nSPS) is 17.6. The SMILES string of the molecule is CN1CCC(Nc2cc(-c3cccc(CNC(=O)C4CC4)c3)cc3c2ccn3CC(F)(F)F)CC1. The molecule has 0 radical (unpaired) electrons. The van der Waals surface area contributed by atoms with Crippen molar-refractivity contribution in [2.75, 3.05) is 25.5 Å². The third-order valence-corrected chi connectivity index (χ3v) is 6.99. The molecule has 5 nitrogen and oxygen atoms in total. The number of hydrogen-bond donors (Lipinski definition) is 2. The fraction of sp³-hybridized carbons (Fsp3) is 0.444. The zero-order valence-electron chi connectivity index (χ0n) is 19.9. The number of aromatic nitrogens is 1. The molecule has 1 saturated heterocycles. The van der Waals surface area contributed by atoms with Gasteiger partial charge in [-0.2, -0.15) is 13.2 Å². The van der Waals surface area contributed by atoms with Crippen LogP contribution in [0.25, 0.3) is 22.0 Å². The minimum atomic E-state index is -4.30. The highest BCUT2D eigenvalue weighted by Gasteiger charge is 2.30. The first-order valence-electron chi connectivity index (χ1n) is 12.3. The molecular formula is C27H31F3N4O. The van der Waals surface area contributed by atoms with Crippen molar-refractivity contribution < 1.29 is 18.0 Å². The molecule has 1 aromatic heterocycles. The number of nitrogens with zero attached hydrogens (tertiary/aromatic N) is 2. The number of hydrogen-bond acceptors (Lipinski definition) is 3. The van der Waals surface area contributed by atoms with Gasteiger partial charge in [0.1, 0.15) is 6.54 Å². The summed E-state index contributed by atoms with van der Waals surface area (Å²) in [7, 11) is 2.10. The van der Waals surface area contributed by atoms with E-state index in [-0.39, 0.29) is 17.9 Å². The van der Waals surface area contributed by atoms with Crippen LogP contribution >= 0.6 is 0 Å². The van der Waals surface area contributed by atoms with Crippen molar-refractivity contribution >= 4 is 22.5 Å². The fourth-order valence-electron chi connectivity index (χ4n) is 4.83. The summed E-state index contributed by atoms with van der Waals surface area (Å²) in [5, 5.41) is 7.41. The van der Waals surface area contributed by atoms with E-state index < -0.39 is 12.7 Å². The van der Waals surface area contributed by atoms with E-state index in [9.17, 15) is 18.0 Å². The van der Waals surface area contributed by atoms with Crippen molar-refractivity contribution in [1.82, 2.24) is 14.8 Å². The quantitative estimate of drug-likeness (QED) is 0.472. The molecule has 1 aliphatic carbocycles. The van der Waals surface area contributed by atoms with E-state index in [1.165, 1.54) is 10.8 Å². The number of halogens is 3. The number of piperidine rings is 1. The molecule has 186 valence electrons. The summed E-state index contributed by atoms with van der Waals surface area (Å²) in [5.41, 5.74) is 4.15. The molecule has 0 spiro atoms. The van der Waals surface area contributed by atoms with Crippen LogP contribution in [0.15, 0.2) is 48.7 Å². The monoisotopic (exact) mass is 484 g/mol. The van der Waals surface area contributed by atoms with Gasteiger partial charge in [0, 0.05) is 35.8 Å². The molecule has 2 fully saturated rings. The number of carbonyl (C=O) groups is 1. The Balaban J connectivity index is 1.47. The topological polar surface area (TPSA) is 49.3 Å². The maximum atomic E-state index is 13.3. The van der Waals surface area contributed by atoms with Crippen LogP contribution in [0.2, 0.25) is 0 Å². The molecule has 1 amide bonds. The van der Waals surface area contributed by atoms with E-state index >= 15 is 0 Å². The second kappa shape index (κ2) is 9.57. The molecule has 0 atom stereocenters. The van der Waals surface area contributed by atoms with Crippen LogP contribution in [0.3, 0.4) is 0 Å². The van der Waals surface area contributed by atoms with Gasteiger partial charge >= 0.3 is 6.18 Å². The van der Waals surface area contributed by atoms with Gasteiger partial charge in [-0.25, -0.2) is 0 Å². The van der Waals surface area contributed by atoms with Crippen molar-refractivity contribution in [2.24, 2.45) is 5.92 Å². The van der Waals surface area contributed by atoms with Crippen LogP contribution in [-0.4, -0.2) is 47.7 Å². The summed E-state index contributed by atoms with van der Waals surface area (Å²) in [5.74, 6) is 0.238. The summed E-state index contributed by atoms with van der Waals surface area (Å²) >= 11 is 0. The third-order valence-electron chi connectivity index (χ3n) is 6.99. The molecular weight excluding hydrogens is 453 g/mol. The van der Waals surface area contributed by atoms with Crippen molar-refractivity contribution in [2.45, 2.75) is 51.0 Å². The molecule has 0 unspecified atom stereocenters. The van der Waals surface area contributed by atoms with E-state index in [2.05, 4.69) is 22.6 Å². The zero-order valence-corrected chi connectivity index (χ0v) is 19.9. The lowest BCUT2D eigenvalue weighted by atomic mass is 9.99. The Morgan fingerprint density at radius 2 is 1.80 bits per heavy atom. The van der Waals surface area contributed by atoms with Crippen LogP contribution in [0.4, 0.5) is 18.9 Å². The van der Waals surface area contributed by atoms with Gasteiger partial charge in [-0.1, -0.05) is 18.2 Å². The lowest BCUT2D eigenvalue weighted by Gasteiger charge is -2.30. The van der Waals surface area contributed by atoms with Crippen molar-refractivity contribution in [3.63, 3.8) is 0 Å². The lowest BCUT2D eigenvalue weighted by Crippen LogP contribution is -2.36. The summed E-state index contributed by atoms with van der Waals surface area (Å²) in [6, 6.07) is 13.8. The standard InChI is InChI=1S/C27H31F3N4O/c1-33-10-7-22(8-11-33)32-24-14-21(15-25-23(24)9-12-34(25)17-27(28,29)30)20-4-2-3-18(13-20)16-31-26(35)19-5-6-19/h2-4,9,12-15,19,22,32H,5-8,10-11,16-17H2,1H3,(H,31,35). The highest BCUT2D eigenvalue weighted by atomic mass is 19.4. The number of anilines is 1. The average molecular weight is 485 g/mol. The Hall–Kier alpha value is -3.00. The van der Waals surface area contributed by atoms with Crippen LogP contribution in [-0.2, 0) is 17.9 Å². The summed E-state index contributed by atoms with van der Waals surface area (Å²) in [4.78, 5) is 14.3. The number of benzene rings is 2. The van der Waals surface area contributed by atoms with Crippen molar-refractivity contribution in [3.05, 3.63) is 54.2 Å². The Morgan fingerprint density at radius 1 is 1.03 bits per heavy atom. The number of carbonyl (C=O) groups excluding carboxylic acids is 1. The predicted octanol–water partition coefficient (Wildman–Crippen LogP) is 5.40. The Labute approximate surface area is 203 Å². The molecule has 0 bridgehead atoms. The van der Waals surface area contributed by atoms with Gasteiger partial charge < -0.3 is 20.1 Å². The first kappa shape index (κ1) is 23.7. The van der Waals surface area contributed by atoms with Crippen LogP contribution < -0.4 is 10.6 Å². The number of amides is 1. The highest BCUT2D eigenvalue weighted by Crippen LogP contribution is 2.35. The van der Waals surface area contributed by atoms with Crippen LogP contribution in [0.1, 0.15) is 31.2 Å². The Kier molecular flexibility index (Phi) is 6.49. The van der Waals surface area contributed by atoms with Crippen LogP contribution in [0, 0.1) is 5.92 Å². The van der Waals surface area contributed by atoms with E-state index in [0.29, 0.717) is 12.1 Å². The lowest BCUT2D eigenvalue weighted by molar-refractivity contribution is -0.139. The van der Waals surface area contributed by atoms with Gasteiger partial charge in [-0.15, -0.1) is 0 Å². The van der Waals surface area contributed by atoms with Gasteiger partial charge in [0.2, 0.25) is 5.91 Å². The molecule has 1 saturated carbocycles. The zero-order chi connectivity index (χ0) is 24.6. The third kappa shape index (κ3) is 5.81. The fourth-order valence-corrected chi connectivity index (χ4v) is 4.83. The number of fused-ring (bicyclic) bond motifs is 1. The second-order valence-corrected chi connectivity index (χ2v) is 9.93. The van der Waals surface area contributed by atoms with Gasteiger partial charge in [0.15, 0.2) is 0 Å². The number of rotatable bonds is 7. The summed E-state index contributed by atoms with van der Waals surface area (Å²) in [6.07, 6.45) is 1.10. The minimum Gasteiger partial charge on any atom is -0.382 e. The minimum absolute atomic E-state index is 0.0893. The summed E-state index contributed by atoms with van der Waals surface area (Å²) < 4.78 is 41.1. The first-order valence-corrected chi connectivity index (χ1v) is 12.3. The molecule has 3 aromatic rings. The molecule has 2 N–H and O–H groups in total. The Bertz CT molecular complexity index is 1210. The van der Waals surface area contributed by atoms with Gasteiger partial charge in [-0.3, -0.25) is 4.79 Å². The molecule has 2 aliphatic rings. The maximum Gasteiger partial charge on any atom is 0.406 e. The van der Waals surface area contributed by atoms with Gasteiger partial charge in [-0.05, 0) is 86.8 Å². The Morgan fingerprint density at radius 3 is 2.51 bits per heavy atom. The van der Waals surface area contributed by atoms with E-state index in [4.69, 9.17) is 0 Å². The highest BCUT2D eigenvalue weighted by molar-refractivity contribution is 5.96. The maximum absolute atomic E-state index is 13.3. The van der Waals surface area contributed by atoms with Crippen molar-refractivity contribution in [3.8, 4) is 11.1 Å². The second-order valence-electron chi connectivity index (χ2n) is 9.93. The number of likely N-dealkylation sites (tertiary alicyclic amines) is 1. The number of alkyl halides is 3. The van der Waals surface area contributed by atoms with Crippen LogP contribution in [0.5, 0.6) is 0 Å². The van der Waals surface area contributed by atoms with Gasteiger partial charge in [0.05, 0.1) is 5.52 Å². The summed E-state index contributed by atoms with van der Waals surface area (Å²) in [6.45, 7) is 1.39. The number of nitrogens with one attached hydrogen (secondary N) is 2. The average Bonchev–Trinajstić information content (AvgIpc) is 3.60. The van der Waals surface area contributed by atoms with E-state index in [1.54, 1.807) is 6.07 Å². The van der Waals surface area contributed by atoms with Crippen molar-refractivity contribution in [1.29, 1.82) is 0 Å². The molecule has 2 aromatic carbocycles. The largest absolute Gasteiger partial charge is 0.406 e.